The number of piperidine rings is 1. The number of hydrogen-bond donors (Lipinski definition) is 1. The van der Waals surface area contributed by atoms with Crippen LogP contribution in [0.15, 0.2) is 103 Å². The molecule has 216 valence electrons. The predicted octanol–water partition coefficient (Wildman–Crippen LogP) is 6.88. The second-order valence-electron chi connectivity index (χ2n) is 10.5. The standard InChI is InChI=1S/C36H38N2O4/c1-2-41-36(40)31-21-20-28(24-33(31)42-26-27-14-6-3-7-15-27)25-34(39)37-35(29-16-8-4-9-17-29)30-18-10-11-19-32(30)38-22-12-5-13-23-38/h3-4,6-11,14-21,24,35H,2,5,12-13,22-23,25-26H2,1H3,(H,37,39). The number of nitrogens with one attached hydrogen (secondary N) is 1. The van der Waals surface area contributed by atoms with Crippen molar-refractivity contribution in [2.45, 2.75) is 45.3 Å². The molecule has 1 aliphatic heterocycles. The summed E-state index contributed by atoms with van der Waals surface area (Å²) in [6.45, 7) is 4.37. The van der Waals surface area contributed by atoms with Crippen LogP contribution in [0.4, 0.5) is 5.69 Å². The van der Waals surface area contributed by atoms with E-state index in [4.69, 9.17) is 9.47 Å². The first-order valence-corrected chi connectivity index (χ1v) is 14.8. The van der Waals surface area contributed by atoms with E-state index in [1.165, 1.54) is 24.9 Å². The number of amides is 1. The van der Waals surface area contributed by atoms with Gasteiger partial charge in [0.05, 0.1) is 19.1 Å². The lowest BCUT2D eigenvalue weighted by molar-refractivity contribution is -0.120. The molecule has 1 amide bonds. The molecule has 6 heteroatoms. The maximum absolute atomic E-state index is 13.6. The van der Waals surface area contributed by atoms with Crippen molar-refractivity contribution in [3.05, 3.63) is 131 Å². The van der Waals surface area contributed by atoms with Gasteiger partial charge in [-0.3, -0.25) is 4.79 Å². The van der Waals surface area contributed by atoms with Crippen molar-refractivity contribution in [2.75, 3.05) is 24.6 Å². The van der Waals surface area contributed by atoms with Gasteiger partial charge < -0.3 is 19.7 Å². The lowest BCUT2D eigenvalue weighted by atomic mass is 9.95. The van der Waals surface area contributed by atoms with E-state index in [9.17, 15) is 9.59 Å². The SMILES string of the molecule is CCOC(=O)c1ccc(CC(=O)NC(c2ccccc2)c2ccccc2N2CCCCC2)cc1OCc1ccccc1. The Hall–Kier alpha value is -4.58. The smallest absolute Gasteiger partial charge is 0.341 e. The Kier molecular flexibility index (Phi) is 9.89. The Morgan fingerprint density at radius 1 is 0.810 bits per heavy atom. The van der Waals surface area contributed by atoms with Crippen molar-refractivity contribution in [3.63, 3.8) is 0 Å². The second-order valence-corrected chi connectivity index (χ2v) is 10.5. The molecule has 0 saturated carbocycles. The molecular formula is C36H38N2O4. The van der Waals surface area contributed by atoms with Crippen LogP contribution in [0.1, 0.15) is 64.8 Å². The van der Waals surface area contributed by atoms with E-state index in [1.54, 1.807) is 25.1 Å². The largest absolute Gasteiger partial charge is 0.488 e. The third-order valence-corrected chi connectivity index (χ3v) is 7.53. The third-order valence-electron chi connectivity index (χ3n) is 7.53. The topological polar surface area (TPSA) is 67.9 Å². The van der Waals surface area contributed by atoms with Crippen LogP contribution in [-0.4, -0.2) is 31.6 Å². The highest BCUT2D eigenvalue weighted by atomic mass is 16.5. The van der Waals surface area contributed by atoms with E-state index in [1.807, 2.05) is 54.6 Å². The highest BCUT2D eigenvalue weighted by Gasteiger charge is 2.24. The number of ether oxygens (including phenoxy) is 2. The number of rotatable bonds is 11. The fraction of sp³-hybridized carbons (Fsp3) is 0.278. The minimum Gasteiger partial charge on any atom is -0.488 e. The summed E-state index contributed by atoms with van der Waals surface area (Å²) in [6.07, 6.45) is 3.74. The predicted molar refractivity (Wildman–Crippen MR) is 166 cm³/mol. The zero-order chi connectivity index (χ0) is 29.1. The van der Waals surface area contributed by atoms with Crippen molar-refractivity contribution in [2.24, 2.45) is 0 Å². The van der Waals surface area contributed by atoms with Crippen LogP contribution in [0, 0.1) is 0 Å². The number of carbonyl (C=O) groups excluding carboxylic acids is 2. The van der Waals surface area contributed by atoms with Gasteiger partial charge in [0.1, 0.15) is 17.9 Å². The number of hydrogen-bond acceptors (Lipinski definition) is 5. The summed E-state index contributed by atoms with van der Waals surface area (Å²) in [5, 5.41) is 3.31. The molecule has 5 rings (SSSR count). The molecule has 1 aliphatic rings. The number of nitrogens with zero attached hydrogens (tertiary/aromatic N) is 1. The van der Waals surface area contributed by atoms with Crippen molar-refractivity contribution < 1.29 is 19.1 Å². The fourth-order valence-electron chi connectivity index (χ4n) is 5.45. The van der Waals surface area contributed by atoms with Crippen LogP contribution >= 0.6 is 0 Å². The minimum atomic E-state index is -0.449. The van der Waals surface area contributed by atoms with Crippen LogP contribution in [-0.2, 0) is 22.6 Å². The highest BCUT2D eigenvalue weighted by molar-refractivity contribution is 5.93. The van der Waals surface area contributed by atoms with Gasteiger partial charge in [0, 0.05) is 24.3 Å². The summed E-state index contributed by atoms with van der Waals surface area (Å²) < 4.78 is 11.3. The Labute approximate surface area is 248 Å². The van der Waals surface area contributed by atoms with E-state index in [2.05, 4.69) is 40.5 Å². The summed E-state index contributed by atoms with van der Waals surface area (Å²) in [5.74, 6) is -0.164. The van der Waals surface area contributed by atoms with Crippen LogP contribution in [0.3, 0.4) is 0 Å². The quantitative estimate of drug-likeness (QED) is 0.202. The summed E-state index contributed by atoms with van der Waals surface area (Å²) in [7, 11) is 0. The van der Waals surface area contributed by atoms with E-state index in [-0.39, 0.29) is 25.0 Å². The van der Waals surface area contributed by atoms with Gasteiger partial charge in [-0.15, -0.1) is 0 Å². The van der Waals surface area contributed by atoms with Gasteiger partial charge in [0.2, 0.25) is 5.91 Å². The van der Waals surface area contributed by atoms with Crippen LogP contribution < -0.4 is 15.0 Å². The molecule has 4 aromatic carbocycles. The van der Waals surface area contributed by atoms with Crippen molar-refractivity contribution in [1.82, 2.24) is 5.32 Å². The molecule has 0 bridgehead atoms. The Bertz CT molecular complexity index is 1470. The first-order chi connectivity index (χ1) is 20.6. The maximum Gasteiger partial charge on any atom is 0.341 e. The molecule has 1 fully saturated rings. The minimum absolute atomic E-state index is 0.116. The van der Waals surface area contributed by atoms with E-state index >= 15 is 0 Å². The molecule has 1 saturated heterocycles. The summed E-state index contributed by atoms with van der Waals surface area (Å²) in [5.41, 5.74) is 5.35. The van der Waals surface area contributed by atoms with Gasteiger partial charge >= 0.3 is 5.97 Å². The summed E-state index contributed by atoms with van der Waals surface area (Å²) >= 11 is 0. The Morgan fingerprint density at radius 2 is 1.50 bits per heavy atom. The molecule has 1 atom stereocenters. The number of carbonyl (C=O) groups is 2. The fourth-order valence-corrected chi connectivity index (χ4v) is 5.45. The van der Waals surface area contributed by atoms with Gasteiger partial charge in [-0.05, 0) is 61.1 Å². The van der Waals surface area contributed by atoms with Crippen LogP contribution in [0.5, 0.6) is 5.75 Å². The van der Waals surface area contributed by atoms with E-state index in [0.29, 0.717) is 17.9 Å². The molecule has 1 heterocycles. The van der Waals surface area contributed by atoms with Gasteiger partial charge in [0.25, 0.3) is 0 Å². The number of anilines is 1. The van der Waals surface area contributed by atoms with Gasteiger partial charge in [-0.1, -0.05) is 84.9 Å². The zero-order valence-corrected chi connectivity index (χ0v) is 24.1. The van der Waals surface area contributed by atoms with E-state index < -0.39 is 5.97 Å². The molecule has 0 radical (unpaired) electrons. The molecule has 42 heavy (non-hydrogen) atoms. The van der Waals surface area contributed by atoms with E-state index in [0.717, 1.165) is 35.3 Å². The molecule has 4 aromatic rings. The lowest BCUT2D eigenvalue weighted by Gasteiger charge is -2.33. The molecule has 0 spiro atoms. The highest BCUT2D eigenvalue weighted by Crippen LogP contribution is 2.33. The number of esters is 1. The first kappa shape index (κ1) is 28.9. The van der Waals surface area contributed by atoms with Crippen LogP contribution in [0.25, 0.3) is 0 Å². The monoisotopic (exact) mass is 562 g/mol. The van der Waals surface area contributed by atoms with Crippen molar-refractivity contribution in [1.29, 1.82) is 0 Å². The molecular weight excluding hydrogens is 524 g/mol. The van der Waals surface area contributed by atoms with Gasteiger partial charge in [-0.25, -0.2) is 4.79 Å². The molecule has 0 aromatic heterocycles. The lowest BCUT2D eigenvalue weighted by Crippen LogP contribution is -2.34. The van der Waals surface area contributed by atoms with Crippen LogP contribution in [0.2, 0.25) is 0 Å². The summed E-state index contributed by atoms with van der Waals surface area (Å²) in [6, 6.07) is 33.2. The molecule has 1 unspecified atom stereocenters. The molecule has 6 nitrogen and oxygen atoms in total. The van der Waals surface area contributed by atoms with Gasteiger partial charge in [0.15, 0.2) is 0 Å². The Balaban J connectivity index is 1.39. The number of para-hydroxylation sites is 1. The normalized spacial score (nSPS) is 13.7. The van der Waals surface area contributed by atoms with Crippen molar-refractivity contribution >= 4 is 17.6 Å². The third kappa shape index (κ3) is 7.38. The molecule has 1 N–H and O–H groups in total. The van der Waals surface area contributed by atoms with Gasteiger partial charge in [-0.2, -0.15) is 0 Å². The van der Waals surface area contributed by atoms with Crippen molar-refractivity contribution in [3.8, 4) is 5.75 Å². The average Bonchev–Trinajstić information content (AvgIpc) is 3.04. The second kappa shape index (κ2) is 14.4. The summed E-state index contributed by atoms with van der Waals surface area (Å²) in [4.78, 5) is 28.7. The zero-order valence-electron chi connectivity index (χ0n) is 24.1. The maximum atomic E-state index is 13.6. The Morgan fingerprint density at radius 3 is 2.24 bits per heavy atom. The first-order valence-electron chi connectivity index (χ1n) is 14.8. The molecule has 0 aliphatic carbocycles. The average molecular weight is 563 g/mol. The number of benzene rings is 4.